The Bertz CT molecular complexity index is 1480. The highest BCUT2D eigenvalue weighted by molar-refractivity contribution is 7.91. The molecule has 8 nitrogen and oxygen atoms in total. The maximum Gasteiger partial charge on any atom is 0.229 e. The van der Waals surface area contributed by atoms with E-state index >= 15 is 0 Å². The number of fused-ring (bicyclic) bond motifs is 3. The van der Waals surface area contributed by atoms with Crippen LogP contribution in [0.2, 0.25) is 5.02 Å². The third-order valence-corrected chi connectivity index (χ3v) is 8.30. The maximum atomic E-state index is 13.5. The van der Waals surface area contributed by atoms with Crippen molar-refractivity contribution in [2.45, 2.75) is 30.7 Å². The highest BCUT2D eigenvalue weighted by Crippen LogP contribution is 2.32. The molecular weight excluding hydrogens is 460 g/mol. The Morgan fingerprint density at radius 2 is 1.76 bits per heavy atom. The fraction of sp³-hybridized carbons (Fsp3) is 0.348. The molecule has 0 unspecified atom stereocenters. The summed E-state index contributed by atoms with van der Waals surface area (Å²) in [7, 11) is -3.91. The second-order valence-electron chi connectivity index (χ2n) is 8.40. The summed E-state index contributed by atoms with van der Waals surface area (Å²) in [6.07, 6.45) is 0. The molecule has 5 rings (SSSR count). The number of aromatic nitrogens is 4. The van der Waals surface area contributed by atoms with Crippen LogP contribution >= 0.6 is 11.6 Å². The van der Waals surface area contributed by atoms with Crippen molar-refractivity contribution < 1.29 is 8.42 Å². The summed E-state index contributed by atoms with van der Waals surface area (Å²) in [6.45, 7) is 10.4. The summed E-state index contributed by atoms with van der Waals surface area (Å²) in [4.78, 5) is 9.56. The van der Waals surface area contributed by atoms with Crippen molar-refractivity contribution in [3.05, 3.63) is 52.5 Å². The molecule has 2 aromatic heterocycles. The molecular formula is C23H25ClN6O2S. The van der Waals surface area contributed by atoms with Crippen molar-refractivity contribution in [2.24, 2.45) is 0 Å². The van der Waals surface area contributed by atoms with E-state index in [1.54, 1.807) is 24.3 Å². The molecule has 4 aromatic rings. The summed E-state index contributed by atoms with van der Waals surface area (Å²) in [6, 6.07) is 10.5. The number of nitrogens with zero attached hydrogens (tertiary/aromatic N) is 6. The van der Waals surface area contributed by atoms with Gasteiger partial charge in [0, 0.05) is 36.6 Å². The van der Waals surface area contributed by atoms with Gasteiger partial charge in [0.1, 0.15) is 5.82 Å². The Balaban J connectivity index is 1.71. The Labute approximate surface area is 197 Å². The Hall–Kier alpha value is -2.75. The van der Waals surface area contributed by atoms with Gasteiger partial charge in [-0.2, -0.15) is 4.52 Å². The maximum absolute atomic E-state index is 13.5. The van der Waals surface area contributed by atoms with Crippen molar-refractivity contribution in [2.75, 3.05) is 37.6 Å². The van der Waals surface area contributed by atoms with Crippen molar-refractivity contribution in [1.82, 2.24) is 24.7 Å². The summed E-state index contributed by atoms with van der Waals surface area (Å²) < 4.78 is 28.6. The average molecular weight is 485 g/mol. The molecule has 0 bridgehead atoms. The first-order chi connectivity index (χ1) is 15.8. The molecule has 10 heteroatoms. The minimum atomic E-state index is -3.91. The molecule has 0 saturated carbocycles. The SMILES string of the molecule is CCN1CCN(c2nc3c(S(=O)(=O)c4ccc(C)c(C)c4)nnn3c3ccc(Cl)cc23)CC1. The Morgan fingerprint density at radius 3 is 2.45 bits per heavy atom. The van der Waals surface area contributed by atoms with E-state index in [1.165, 1.54) is 4.52 Å². The number of halogens is 1. The lowest BCUT2D eigenvalue weighted by Gasteiger charge is -2.35. The van der Waals surface area contributed by atoms with E-state index in [1.807, 2.05) is 26.0 Å². The van der Waals surface area contributed by atoms with Crippen molar-refractivity contribution >= 4 is 43.8 Å². The van der Waals surface area contributed by atoms with Crippen LogP contribution in [0.15, 0.2) is 46.3 Å². The second-order valence-corrected chi connectivity index (χ2v) is 10.7. The number of anilines is 1. The lowest BCUT2D eigenvalue weighted by Crippen LogP contribution is -2.46. The van der Waals surface area contributed by atoms with Crippen molar-refractivity contribution in [3.8, 4) is 0 Å². The predicted molar refractivity (Wildman–Crippen MR) is 129 cm³/mol. The summed E-state index contributed by atoms with van der Waals surface area (Å²) >= 11 is 6.32. The second kappa shape index (κ2) is 8.23. The predicted octanol–water partition coefficient (Wildman–Crippen LogP) is 3.52. The molecule has 1 fully saturated rings. The van der Waals surface area contributed by atoms with Crippen LogP contribution in [0.4, 0.5) is 5.82 Å². The van der Waals surface area contributed by atoms with Gasteiger partial charge in [0.15, 0.2) is 5.65 Å². The number of sulfone groups is 1. The van der Waals surface area contributed by atoms with Gasteiger partial charge in [-0.05, 0) is 61.9 Å². The van der Waals surface area contributed by atoms with Crippen LogP contribution in [0.1, 0.15) is 18.1 Å². The molecule has 1 aliphatic rings. The zero-order valence-corrected chi connectivity index (χ0v) is 20.4. The van der Waals surface area contributed by atoms with Gasteiger partial charge in [0.2, 0.25) is 14.9 Å². The molecule has 0 amide bonds. The van der Waals surface area contributed by atoms with E-state index in [2.05, 4.69) is 27.0 Å². The number of piperazine rings is 1. The van der Waals surface area contributed by atoms with E-state index in [4.69, 9.17) is 16.6 Å². The van der Waals surface area contributed by atoms with Crippen LogP contribution in [0, 0.1) is 13.8 Å². The van der Waals surface area contributed by atoms with Crippen molar-refractivity contribution in [1.29, 1.82) is 0 Å². The molecule has 0 radical (unpaired) electrons. The lowest BCUT2D eigenvalue weighted by atomic mass is 10.1. The van der Waals surface area contributed by atoms with E-state index in [0.29, 0.717) is 16.4 Å². The Kier molecular flexibility index (Phi) is 5.50. The molecule has 0 N–H and O–H groups in total. The number of likely N-dealkylation sites (N-methyl/N-ethyl adjacent to an activating group) is 1. The first kappa shape index (κ1) is 22.1. The van der Waals surface area contributed by atoms with Gasteiger partial charge in [0.25, 0.3) is 0 Å². The van der Waals surface area contributed by atoms with E-state index < -0.39 is 9.84 Å². The van der Waals surface area contributed by atoms with Gasteiger partial charge in [-0.25, -0.2) is 13.4 Å². The summed E-state index contributed by atoms with van der Waals surface area (Å²) in [5.74, 6) is 0.703. The van der Waals surface area contributed by atoms with Crippen LogP contribution in [0.25, 0.3) is 16.6 Å². The van der Waals surface area contributed by atoms with Crippen molar-refractivity contribution in [3.63, 3.8) is 0 Å². The molecule has 0 atom stereocenters. The van der Waals surface area contributed by atoms with E-state index in [9.17, 15) is 8.42 Å². The number of hydrogen-bond acceptors (Lipinski definition) is 7. The van der Waals surface area contributed by atoms with E-state index in [0.717, 1.165) is 49.2 Å². The molecule has 2 aromatic carbocycles. The number of aryl methyl sites for hydroxylation is 2. The molecule has 172 valence electrons. The fourth-order valence-electron chi connectivity index (χ4n) is 4.24. The molecule has 1 aliphatic heterocycles. The van der Waals surface area contributed by atoms with Crippen LogP contribution in [-0.2, 0) is 9.84 Å². The van der Waals surface area contributed by atoms with Gasteiger partial charge in [0.05, 0.1) is 10.4 Å². The fourth-order valence-corrected chi connectivity index (χ4v) is 5.73. The monoisotopic (exact) mass is 484 g/mol. The standard InChI is InChI=1S/C23H25ClN6O2S/c1-4-28-9-11-29(12-10-28)21-19-14-17(24)6-8-20(19)30-22(25-21)23(26-27-30)33(31,32)18-7-5-15(2)16(3)13-18/h5-8,13-14H,4,9-12H2,1-3H3. The topological polar surface area (TPSA) is 83.7 Å². The van der Waals surface area contributed by atoms with Gasteiger partial charge in [-0.15, -0.1) is 5.10 Å². The first-order valence-corrected chi connectivity index (χ1v) is 12.8. The minimum absolute atomic E-state index is 0.143. The van der Waals surface area contributed by atoms with Gasteiger partial charge in [-0.3, -0.25) is 0 Å². The molecule has 3 heterocycles. The molecule has 0 aliphatic carbocycles. The minimum Gasteiger partial charge on any atom is -0.353 e. The summed E-state index contributed by atoms with van der Waals surface area (Å²) in [5.41, 5.74) is 2.86. The smallest absolute Gasteiger partial charge is 0.229 e. The molecule has 1 saturated heterocycles. The molecule has 0 spiro atoms. The van der Waals surface area contributed by atoms with Gasteiger partial charge < -0.3 is 9.80 Å². The van der Waals surface area contributed by atoms with Gasteiger partial charge >= 0.3 is 0 Å². The number of benzene rings is 2. The normalized spacial score (nSPS) is 15.6. The third kappa shape index (κ3) is 3.74. The van der Waals surface area contributed by atoms with Crippen LogP contribution in [-0.4, -0.2) is 65.9 Å². The Morgan fingerprint density at radius 1 is 1.00 bits per heavy atom. The lowest BCUT2D eigenvalue weighted by molar-refractivity contribution is 0.271. The third-order valence-electron chi connectivity index (χ3n) is 6.42. The largest absolute Gasteiger partial charge is 0.353 e. The highest BCUT2D eigenvalue weighted by Gasteiger charge is 2.29. The number of rotatable bonds is 4. The average Bonchev–Trinajstić information content (AvgIpc) is 3.25. The highest BCUT2D eigenvalue weighted by atomic mass is 35.5. The van der Waals surface area contributed by atoms with Crippen LogP contribution < -0.4 is 4.90 Å². The van der Waals surface area contributed by atoms with E-state index in [-0.39, 0.29) is 15.6 Å². The zero-order valence-electron chi connectivity index (χ0n) is 18.8. The first-order valence-electron chi connectivity index (χ1n) is 10.9. The van der Waals surface area contributed by atoms with Crippen LogP contribution in [0.3, 0.4) is 0 Å². The number of hydrogen-bond donors (Lipinski definition) is 0. The van der Waals surface area contributed by atoms with Gasteiger partial charge in [-0.1, -0.05) is 29.8 Å². The summed E-state index contributed by atoms with van der Waals surface area (Å²) in [5, 5.41) is 9.52. The van der Waals surface area contributed by atoms with Crippen LogP contribution in [0.5, 0.6) is 0 Å². The molecule has 33 heavy (non-hydrogen) atoms. The quantitative estimate of drug-likeness (QED) is 0.438. The zero-order chi connectivity index (χ0) is 23.3.